The average molecular weight is 346 g/mol. The van der Waals surface area contributed by atoms with Gasteiger partial charge in [-0.15, -0.1) is 11.3 Å². The summed E-state index contributed by atoms with van der Waals surface area (Å²) in [6, 6.07) is 1.72. The van der Waals surface area contributed by atoms with E-state index >= 15 is 0 Å². The summed E-state index contributed by atoms with van der Waals surface area (Å²) < 4.78 is 0. The molecule has 1 aliphatic carbocycles. The standard InChI is InChI=1S/C17H18N2O4S/c1-11-14(22-23-17(21)12-5-3-2-4-6-12)9-18-16(19-11)15-13(10-20)7-8-24-15/h7-10,12H,2-6H2,1H3. The Bertz CT molecular complexity index is 738. The lowest BCUT2D eigenvalue weighted by atomic mass is 9.89. The summed E-state index contributed by atoms with van der Waals surface area (Å²) in [5.74, 6) is 0.336. The predicted octanol–water partition coefficient (Wildman–Crippen LogP) is 3.74. The third-order valence-corrected chi connectivity index (χ3v) is 5.04. The monoisotopic (exact) mass is 346 g/mol. The highest BCUT2D eigenvalue weighted by Gasteiger charge is 2.24. The van der Waals surface area contributed by atoms with Crippen LogP contribution in [0.15, 0.2) is 17.6 Å². The largest absolute Gasteiger partial charge is 0.358 e. The van der Waals surface area contributed by atoms with Crippen LogP contribution in [-0.4, -0.2) is 22.2 Å². The zero-order valence-corrected chi connectivity index (χ0v) is 14.2. The summed E-state index contributed by atoms with van der Waals surface area (Å²) in [6.07, 6.45) is 7.21. The van der Waals surface area contributed by atoms with Crippen LogP contribution in [0.2, 0.25) is 0 Å². The van der Waals surface area contributed by atoms with Gasteiger partial charge in [-0.3, -0.25) is 14.6 Å². The van der Waals surface area contributed by atoms with Crippen LogP contribution in [0.5, 0.6) is 5.75 Å². The van der Waals surface area contributed by atoms with E-state index in [1.165, 1.54) is 24.0 Å². The van der Waals surface area contributed by atoms with Gasteiger partial charge >= 0.3 is 5.97 Å². The van der Waals surface area contributed by atoms with Crippen molar-refractivity contribution in [3.8, 4) is 16.5 Å². The molecule has 2 heterocycles. The van der Waals surface area contributed by atoms with E-state index in [2.05, 4.69) is 9.97 Å². The van der Waals surface area contributed by atoms with Gasteiger partial charge in [0.05, 0.1) is 22.7 Å². The lowest BCUT2D eigenvalue weighted by molar-refractivity contribution is -0.220. The van der Waals surface area contributed by atoms with Crippen molar-refractivity contribution in [3.63, 3.8) is 0 Å². The number of hydrogen-bond donors (Lipinski definition) is 0. The zero-order valence-electron chi connectivity index (χ0n) is 13.4. The molecule has 0 atom stereocenters. The quantitative estimate of drug-likeness (QED) is 0.466. The number of nitrogens with zero attached hydrogens (tertiary/aromatic N) is 2. The van der Waals surface area contributed by atoms with Crippen LogP contribution in [-0.2, 0) is 9.68 Å². The Balaban J connectivity index is 1.67. The molecule has 24 heavy (non-hydrogen) atoms. The van der Waals surface area contributed by atoms with Gasteiger partial charge in [-0.1, -0.05) is 19.3 Å². The minimum absolute atomic E-state index is 0.0829. The number of thiophene rings is 1. The molecule has 2 aromatic heterocycles. The smallest absolute Gasteiger partial charge is 0.298 e. The van der Waals surface area contributed by atoms with Gasteiger partial charge in [-0.05, 0) is 31.2 Å². The van der Waals surface area contributed by atoms with E-state index in [0.717, 1.165) is 32.0 Å². The van der Waals surface area contributed by atoms with E-state index in [9.17, 15) is 9.59 Å². The highest BCUT2D eigenvalue weighted by atomic mass is 32.1. The minimum Gasteiger partial charge on any atom is -0.298 e. The van der Waals surface area contributed by atoms with E-state index in [0.29, 0.717) is 27.7 Å². The molecular formula is C17H18N2O4S. The first-order valence-corrected chi connectivity index (χ1v) is 8.82. The molecule has 0 aliphatic heterocycles. The van der Waals surface area contributed by atoms with Gasteiger partial charge in [0.15, 0.2) is 12.1 Å². The summed E-state index contributed by atoms with van der Waals surface area (Å²) in [6.45, 7) is 1.74. The summed E-state index contributed by atoms with van der Waals surface area (Å²) in [4.78, 5) is 42.3. The third kappa shape index (κ3) is 3.62. The maximum atomic E-state index is 12.0. The molecule has 0 spiro atoms. The molecule has 0 amide bonds. The lowest BCUT2D eigenvalue weighted by Gasteiger charge is -2.18. The van der Waals surface area contributed by atoms with Gasteiger partial charge in [0.1, 0.15) is 0 Å². The maximum Gasteiger partial charge on any atom is 0.358 e. The minimum atomic E-state index is -0.334. The highest BCUT2D eigenvalue weighted by molar-refractivity contribution is 7.13. The molecule has 1 saturated carbocycles. The van der Waals surface area contributed by atoms with Crippen molar-refractivity contribution in [1.29, 1.82) is 0 Å². The molecule has 0 unspecified atom stereocenters. The Morgan fingerprint density at radius 1 is 1.33 bits per heavy atom. The summed E-state index contributed by atoms with van der Waals surface area (Å²) >= 11 is 1.40. The van der Waals surface area contributed by atoms with Crippen LogP contribution < -0.4 is 4.89 Å². The van der Waals surface area contributed by atoms with Crippen LogP contribution in [0.1, 0.15) is 48.2 Å². The number of rotatable bonds is 5. The summed E-state index contributed by atoms with van der Waals surface area (Å²) in [5.41, 5.74) is 1.10. The molecule has 1 aliphatic rings. The van der Waals surface area contributed by atoms with Gasteiger partial charge in [0, 0.05) is 5.56 Å². The van der Waals surface area contributed by atoms with E-state index in [-0.39, 0.29) is 11.9 Å². The molecule has 2 aromatic rings. The number of carbonyl (C=O) groups excluding carboxylic acids is 2. The fourth-order valence-electron chi connectivity index (χ4n) is 2.73. The molecule has 126 valence electrons. The normalized spacial score (nSPS) is 15.0. The Kier molecular flexibility index (Phi) is 5.20. The third-order valence-electron chi connectivity index (χ3n) is 4.11. The fourth-order valence-corrected chi connectivity index (χ4v) is 3.54. The van der Waals surface area contributed by atoms with Gasteiger partial charge in [0.25, 0.3) is 0 Å². The van der Waals surface area contributed by atoms with Gasteiger partial charge in [-0.25, -0.2) is 14.8 Å². The fraction of sp³-hybridized carbons (Fsp3) is 0.412. The molecule has 6 nitrogen and oxygen atoms in total. The molecule has 0 saturated heterocycles. The van der Waals surface area contributed by atoms with Crippen molar-refractivity contribution in [2.45, 2.75) is 39.0 Å². The van der Waals surface area contributed by atoms with Crippen LogP contribution in [0, 0.1) is 12.8 Å². The van der Waals surface area contributed by atoms with Crippen molar-refractivity contribution in [2.75, 3.05) is 0 Å². The number of hydrogen-bond acceptors (Lipinski definition) is 7. The zero-order chi connectivity index (χ0) is 16.9. The van der Waals surface area contributed by atoms with E-state index in [4.69, 9.17) is 9.78 Å². The van der Waals surface area contributed by atoms with E-state index < -0.39 is 0 Å². The molecular weight excluding hydrogens is 328 g/mol. The summed E-state index contributed by atoms with van der Waals surface area (Å²) in [7, 11) is 0. The average Bonchev–Trinajstić information content (AvgIpc) is 3.10. The molecule has 1 fully saturated rings. The van der Waals surface area contributed by atoms with Crippen molar-refractivity contribution >= 4 is 23.6 Å². The lowest BCUT2D eigenvalue weighted by Crippen LogP contribution is -2.22. The highest BCUT2D eigenvalue weighted by Crippen LogP contribution is 2.28. The SMILES string of the molecule is Cc1nc(-c2sccc2C=O)ncc1OOC(=O)C1CCCCC1. The molecule has 0 radical (unpaired) electrons. The van der Waals surface area contributed by atoms with Crippen molar-refractivity contribution in [1.82, 2.24) is 9.97 Å². The van der Waals surface area contributed by atoms with Crippen LogP contribution in [0.4, 0.5) is 0 Å². The second kappa shape index (κ2) is 7.53. The number of aromatic nitrogens is 2. The Hall–Kier alpha value is -2.28. The second-order valence-corrected chi connectivity index (χ2v) is 6.70. The van der Waals surface area contributed by atoms with Crippen LogP contribution in [0.25, 0.3) is 10.7 Å². The Morgan fingerprint density at radius 2 is 2.12 bits per heavy atom. The first kappa shape index (κ1) is 16.6. The molecule has 0 N–H and O–H groups in total. The van der Waals surface area contributed by atoms with E-state index in [1.54, 1.807) is 13.0 Å². The maximum absolute atomic E-state index is 12.0. The second-order valence-electron chi connectivity index (χ2n) is 5.79. The summed E-state index contributed by atoms with van der Waals surface area (Å²) in [5, 5.41) is 1.81. The topological polar surface area (TPSA) is 78.4 Å². The first-order chi connectivity index (χ1) is 11.7. The van der Waals surface area contributed by atoms with Gasteiger partial charge in [0.2, 0.25) is 5.75 Å². The number of aryl methyl sites for hydroxylation is 1. The number of carbonyl (C=O) groups is 2. The predicted molar refractivity (Wildman–Crippen MR) is 88.8 cm³/mol. The first-order valence-electron chi connectivity index (χ1n) is 7.94. The molecule has 3 rings (SSSR count). The van der Waals surface area contributed by atoms with Crippen LogP contribution >= 0.6 is 11.3 Å². The van der Waals surface area contributed by atoms with Crippen molar-refractivity contribution in [2.24, 2.45) is 5.92 Å². The van der Waals surface area contributed by atoms with Crippen molar-refractivity contribution < 1.29 is 19.4 Å². The van der Waals surface area contributed by atoms with Gasteiger partial charge in [-0.2, -0.15) is 0 Å². The molecule has 7 heteroatoms. The Labute approximate surface area is 143 Å². The van der Waals surface area contributed by atoms with Crippen LogP contribution in [0.3, 0.4) is 0 Å². The Morgan fingerprint density at radius 3 is 2.83 bits per heavy atom. The van der Waals surface area contributed by atoms with Gasteiger partial charge < -0.3 is 0 Å². The molecule has 0 aromatic carbocycles. The van der Waals surface area contributed by atoms with Crippen molar-refractivity contribution in [3.05, 3.63) is 28.9 Å². The number of aldehydes is 1. The van der Waals surface area contributed by atoms with E-state index in [1.807, 2.05) is 5.38 Å². The molecule has 0 bridgehead atoms.